The maximum absolute atomic E-state index is 12.4. The van der Waals surface area contributed by atoms with Gasteiger partial charge in [-0.2, -0.15) is 5.26 Å². The van der Waals surface area contributed by atoms with E-state index in [-0.39, 0.29) is 5.91 Å². The molecule has 3 aromatic rings. The summed E-state index contributed by atoms with van der Waals surface area (Å²) in [6.45, 7) is 0. The van der Waals surface area contributed by atoms with Crippen molar-refractivity contribution in [2.75, 3.05) is 10.6 Å². The Kier molecular flexibility index (Phi) is 5.07. The Morgan fingerprint density at radius 3 is 2.56 bits per heavy atom. The predicted octanol–water partition coefficient (Wildman–Crippen LogP) is 4.71. The zero-order valence-electron chi connectivity index (χ0n) is 13.0. The Bertz CT molecular complexity index is 948. The lowest BCUT2D eigenvalue weighted by Gasteiger charge is -2.09. The highest BCUT2D eigenvalue weighted by Gasteiger charge is 2.08. The van der Waals surface area contributed by atoms with Crippen LogP contribution in [-0.4, -0.2) is 10.9 Å². The van der Waals surface area contributed by atoms with Crippen LogP contribution in [0.25, 0.3) is 0 Å². The first-order valence-electron chi connectivity index (χ1n) is 7.45. The SMILES string of the molecule is N#Cc1ccc(NC(=O)c2ccnc(Nc3ccccc3Br)c2)cc1. The molecule has 0 unspecified atom stereocenters. The lowest BCUT2D eigenvalue weighted by molar-refractivity contribution is 0.102. The number of carbonyl (C=O) groups is 1. The molecule has 122 valence electrons. The van der Waals surface area contributed by atoms with Crippen molar-refractivity contribution in [3.63, 3.8) is 0 Å². The van der Waals surface area contributed by atoms with E-state index in [9.17, 15) is 4.79 Å². The Morgan fingerprint density at radius 2 is 1.84 bits per heavy atom. The molecule has 3 rings (SSSR count). The van der Waals surface area contributed by atoms with Crippen LogP contribution in [0.3, 0.4) is 0 Å². The average Bonchev–Trinajstić information content (AvgIpc) is 2.64. The first-order valence-corrected chi connectivity index (χ1v) is 8.24. The number of hydrogen-bond acceptors (Lipinski definition) is 4. The number of pyridine rings is 1. The van der Waals surface area contributed by atoms with Gasteiger partial charge in [0.25, 0.3) is 5.91 Å². The number of para-hydroxylation sites is 1. The van der Waals surface area contributed by atoms with Gasteiger partial charge in [0.2, 0.25) is 0 Å². The third kappa shape index (κ3) is 4.22. The number of carbonyl (C=O) groups excluding carboxylic acids is 1. The van der Waals surface area contributed by atoms with Gasteiger partial charge in [0, 0.05) is 21.9 Å². The van der Waals surface area contributed by atoms with Gasteiger partial charge < -0.3 is 10.6 Å². The second kappa shape index (κ2) is 7.60. The summed E-state index contributed by atoms with van der Waals surface area (Å²) in [4.78, 5) is 16.6. The molecule has 1 amide bonds. The molecule has 0 aliphatic heterocycles. The van der Waals surface area contributed by atoms with Gasteiger partial charge in [-0.05, 0) is 64.5 Å². The fourth-order valence-corrected chi connectivity index (χ4v) is 2.56. The van der Waals surface area contributed by atoms with Gasteiger partial charge in [-0.3, -0.25) is 4.79 Å². The smallest absolute Gasteiger partial charge is 0.255 e. The van der Waals surface area contributed by atoms with Gasteiger partial charge in [-0.25, -0.2) is 4.98 Å². The number of nitrogens with zero attached hydrogens (tertiary/aromatic N) is 2. The maximum atomic E-state index is 12.4. The molecular weight excluding hydrogens is 380 g/mol. The van der Waals surface area contributed by atoms with Gasteiger partial charge in [0.05, 0.1) is 17.3 Å². The second-order valence-corrected chi connectivity index (χ2v) is 6.03. The van der Waals surface area contributed by atoms with E-state index in [0.29, 0.717) is 22.6 Å². The summed E-state index contributed by atoms with van der Waals surface area (Å²) >= 11 is 3.46. The number of hydrogen-bond donors (Lipinski definition) is 2. The van der Waals surface area contributed by atoms with E-state index in [2.05, 4.69) is 31.5 Å². The second-order valence-electron chi connectivity index (χ2n) is 5.18. The number of rotatable bonds is 4. The van der Waals surface area contributed by atoms with E-state index >= 15 is 0 Å². The van der Waals surface area contributed by atoms with Gasteiger partial charge in [0.15, 0.2) is 0 Å². The molecule has 0 saturated heterocycles. The summed E-state index contributed by atoms with van der Waals surface area (Å²) in [5.41, 5.74) is 2.51. The Morgan fingerprint density at radius 1 is 1.08 bits per heavy atom. The van der Waals surface area contributed by atoms with Crippen LogP contribution >= 0.6 is 15.9 Å². The average molecular weight is 393 g/mol. The van der Waals surface area contributed by atoms with Crippen LogP contribution < -0.4 is 10.6 Å². The number of nitrogens with one attached hydrogen (secondary N) is 2. The highest BCUT2D eigenvalue weighted by molar-refractivity contribution is 9.10. The summed E-state index contributed by atoms with van der Waals surface area (Å²) in [7, 11) is 0. The van der Waals surface area contributed by atoms with Crippen LogP contribution in [0.4, 0.5) is 17.2 Å². The molecule has 0 atom stereocenters. The molecule has 25 heavy (non-hydrogen) atoms. The van der Waals surface area contributed by atoms with Gasteiger partial charge in [-0.15, -0.1) is 0 Å². The summed E-state index contributed by atoms with van der Waals surface area (Å²) in [6.07, 6.45) is 1.58. The molecule has 5 nitrogen and oxygen atoms in total. The molecule has 2 N–H and O–H groups in total. The van der Waals surface area contributed by atoms with Crippen molar-refractivity contribution >= 4 is 39.0 Å². The molecule has 0 aliphatic rings. The van der Waals surface area contributed by atoms with E-state index in [1.54, 1.807) is 42.6 Å². The number of amides is 1. The number of aromatic nitrogens is 1. The summed E-state index contributed by atoms with van der Waals surface area (Å²) in [5, 5.41) is 14.8. The molecule has 0 bridgehead atoms. The summed E-state index contributed by atoms with van der Waals surface area (Å²) in [5.74, 6) is 0.321. The van der Waals surface area contributed by atoms with E-state index in [0.717, 1.165) is 10.2 Å². The Hall–Kier alpha value is -3.17. The highest BCUT2D eigenvalue weighted by Crippen LogP contribution is 2.24. The van der Waals surface area contributed by atoms with Crippen LogP contribution in [0, 0.1) is 11.3 Å². The van der Waals surface area contributed by atoms with Crippen molar-refractivity contribution in [2.45, 2.75) is 0 Å². The van der Waals surface area contributed by atoms with Crippen LogP contribution in [0.1, 0.15) is 15.9 Å². The standard InChI is InChI=1S/C19H13BrN4O/c20-16-3-1-2-4-17(16)24-18-11-14(9-10-22-18)19(25)23-15-7-5-13(12-21)6-8-15/h1-11H,(H,22,24)(H,23,25). The molecule has 2 aromatic carbocycles. The highest BCUT2D eigenvalue weighted by atomic mass is 79.9. The molecule has 0 fully saturated rings. The molecular formula is C19H13BrN4O. The van der Waals surface area contributed by atoms with E-state index in [1.807, 2.05) is 30.3 Å². The van der Waals surface area contributed by atoms with Crippen molar-refractivity contribution in [1.82, 2.24) is 4.98 Å². The first-order chi connectivity index (χ1) is 12.2. The quantitative estimate of drug-likeness (QED) is 0.673. The molecule has 0 spiro atoms. The van der Waals surface area contributed by atoms with Gasteiger partial charge in [-0.1, -0.05) is 12.1 Å². The molecule has 1 heterocycles. The fraction of sp³-hybridized carbons (Fsp3) is 0. The van der Waals surface area contributed by atoms with Crippen molar-refractivity contribution in [1.29, 1.82) is 5.26 Å². The fourth-order valence-electron chi connectivity index (χ4n) is 2.17. The lowest BCUT2D eigenvalue weighted by Crippen LogP contribution is -2.12. The van der Waals surface area contributed by atoms with Crippen LogP contribution in [0.2, 0.25) is 0 Å². The van der Waals surface area contributed by atoms with Crippen molar-refractivity contribution in [3.05, 3.63) is 82.5 Å². The molecule has 6 heteroatoms. The lowest BCUT2D eigenvalue weighted by atomic mass is 10.2. The maximum Gasteiger partial charge on any atom is 0.255 e. The molecule has 0 radical (unpaired) electrons. The first kappa shape index (κ1) is 16.7. The van der Waals surface area contributed by atoms with E-state index in [4.69, 9.17) is 5.26 Å². The largest absolute Gasteiger partial charge is 0.339 e. The Labute approximate surface area is 153 Å². The summed E-state index contributed by atoms with van der Waals surface area (Å²) in [6, 6.07) is 19.7. The zero-order chi connectivity index (χ0) is 17.6. The molecule has 0 aliphatic carbocycles. The number of halogens is 1. The van der Waals surface area contributed by atoms with Crippen molar-refractivity contribution in [3.8, 4) is 6.07 Å². The Balaban J connectivity index is 1.75. The molecule has 1 aromatic heterocycles. The number of nitriles is 1. The minimum absolute atomic E-state index is 0.248. The minimum Gasteiger partial charge on any atom is -0.339 e. The monoisotopic (exact) mass is 392 g/mol. The molecule has 0 saturated carbocycles. The van der Waals surface area contributed by atoms with Crippen molar-refractivity contribution in [2.24, 2.45) is 0 Å². The number of benzene rings is 2. The van der Waals surface area contributed by atoms with Crippen LogP contribution in [0.15, 0.2) is 71.3 Å². The van der Waals surface area contributed by atoms with E-state index in [1.165, 1.54) is 0 Å². The topological polar surface area (TPSA) is 77.8 Å². The predicted molar refractivity (Wildman–Crippen MR) is 101 cm³/mol. The zero-order valence-corrected chi connectivity index (χ0v) is 14.6. The van der Waals surface area contributed by atoms with Gasteiger partial charge in [0.1, 0.15) is 5.82 Å². The minimum atomic E-state index is -0.248. The third-order valence-electron chi connectivity index (χ3n) is 3.43. The van der Waals surface area contributed by atoms with Crippen LogP contribution in [0.5, 0.6) is 0 Å². The van der Waals surface area contributed by atoms with Gasteiger partial charge >= 0.3 is 0 Å². The third-order valence-corrected chi connectivity index (χ3v) is 4.12. The normalized spacial score (nSPS) is 9.92. The van der Waals surface area contributed by atoms with E-state index < -0.39 is 0 Å². The van der Waals surface area contributed by atoms with Crippen molar-refractivity contribution < 1.29 is 4.79 Å². The summed E-state index contributed by atoms with van der Waals surface area (Å²) < 4.78 is 0.907. The van der Waals surface area contributed by atoms with Crippen LogP contribution in [-0.2, 0) is 0 Å². The number of anilines is 3.